The van der Waals surface area contributed by atoms with E-state index in [4.69, 9.17) is 0 Å². The Hall–Kier alpha value is -3.44. The van der Waals surface area contributed by atoms with Gasteiger partial charge in [0.15, 0.2) is 11.0 Å². The number of carbonyl (C=O) groups is 1. The van der Waals surface area contributed by atoms with Gasteiger partial charge in [-0.05, 0) is 42.6 Å². The molecule has 35 heavy (non-hydrogen) atoms. The molecule has 182 valence electrons. The number of thioether (sulfide) groups is 1. The number of amides is 1. The third-order valence-corrected chi connectivity index (χ3v) is 7.41. The molecule has 3 aromatic carbocycles. The van der Waals surface area contributed by atoms with Crippen molar-refractivity contribution in [1.29, 1.82) is 0 Å². The molecular weight excluding hydrogens is 489 g/mol. The van der Waals surface area contributed by atoms with Crippen LogP contribution in [0, 0.1) is 5.82 Å². The van der Waals surface area contributed by atoms with Gasteiger partial charge >= 0.3 is 0 Å². The molecule has 4 rings (SSSR count). The first-order chi connectivity index (χ1) is 16.8. The van der Waals surface area contributed by atoms with E-state index in [1.165, 1.54) is 36.0 Å². The maximum Gasteiger partial charge on any atom is 0.234 e. The molecule has 0 saturated heterocycles. The summed E-state index contributed by atoms with van der Waals surface area (Å²) in [6.45, 7) is 2.29. The third kappa shape index (κ3) is 5.80. The largest absolute Gasteiger partial charge is 0.325 e. The average molecular weight is 514 g/mol. The van der Waals surface area contributed by atoms with Gasteiger partial charge in [-0.2, -0.15) is 0 Å². The Morgan fingerprint density at radius 3 is 2.49 bits per heavy atom. The number of halogens is 1. The molecule has 0 aliphatic heterocycles. The summed E-state index contributed by atoms with van der Waals surface area (Å²) in [6.07, 6.45) is 1.08. The predicted octanol–water partition coefficient (Wildman–Crippen LogP) is 4.29. The molecule has 1 amide bonds. The number of nitrogens with zero attached hydrogens (tertiary/aromatic N) is 4. The van der Waals surface area contributed by atoms with Gasteiger partial charge in [0.2, 0.25) is 15.9 Å². The summed E-state index contributed by atoms with van der Waals surface area (Å²) in [5.41, 5.74) is 1.05. The number of hydrogen-bond donors (Lipinski definition) is 1. The number of sulfonamides is 1. The lowest BCUT2D eigenvalue weighted by atomic mass is 10.1. The zero-order valence-electron chi connectivity index (χ0n) is 19.2. The van der Waals surface area contributed by atoms with Crippen LogP contribution in [-0.2, 0) is 27.9 Å². The van der Waals surface area contributed by atoms with Crippen molar-refractivity contribution < 1.29 is 17.6 Å². The zero-order valence-corrected chi connectivity index (χ0v) is 20.8. The molecule has 0 aliphatic carbocycles. The maximum absolute atomic E-state index is 13.3. The fraction of sp³-hybridized carbons (Fsp3) is 0.208. The lowest BCUT2D eigenvalue weighted by Crippen LogP contribution is -2.30. The first kappa shape index (κ1) is 24.7. The number of carbonyl (C=O) groups excluding carboxylic acids is 1. The highest BCUT2D eigenvalue weighted by Crippen LogP contribution is 2.25. The SMILES string of the molecule is CCn1c(CN(c2ccc(F)cc2)S(C)(=O)=O)nnc1SCC(=O)Nc1cccc2ccccc12. The van der Waals surface area contributed by atoms with Gasteiger partial charge in [-0.25, -0.2) is 12.8 Å². The normalized spacial score (nSPS) is 11.5. The Balaban J connectivity index is 1.48. The first-order valence-corrected chi connectivity index (χ1v) is 13.7. The Morgan fingerprint density at radius 1 is 1.06 bits per heavy atom. The number of fused-ring (bicyclic) bond motifs is 1. The van der Waals surface area contributed by atoms with Gasteiger partial charge in [0, 0.05) is 17.6 Å². The van der Waals surface area contributed by atoms with Gasteiger partial charge in [0.1, 0.15) is 5.82 Å². The summed E-state index contributed by atoms with van der Waals surface area (Å²) < 4.78 is 41.1. The van der Waals surface area contributed by atoms with Crippen molar-refractivity contribution in [3.63, 3.8) is 0 Å². The predicted molar refractivity (Wildman–Crippen MR) is 136 cm³/mol. The van der Waals surface area contributed by atoms with E-state index in [-0.39, 0.29) is 18.2 Å². The quantitative estimate of drug-likeness (QED) is 0.336. The van der Waals surface area contributed by atoms with E-state index in [9.17, 15) is 17.6 Å². The molecule has 4 aromatic rings. The van der Waals surface area contributed by atoms with Crippen molar-refractivity contribution in [2.45, 2.75) is 25.2 Å². The number of aromatic nitrogens is 3. The number of hydrogen-bond acceptors (Lipinski definition) is 6. The molecule has 0 spiro atoms. The van der Waals surface area contributed by atoms with Crippen LogP contribution in [0.1, 0.15) is 12.7 Å². The van der Waals surface area contributed by atoms with E-state index in [2.05, 4.69) is 15.5 Å². The lowest BCUT2D eigenvalue weighted by molar-refractivity contribution is -0.113. The van der Waals surface area contributed by atoms with E-state index < -0.39 is 15.8 Å². The molecule has 0 unspecified atom stereocenters. The van der Waals surface area contributed by atoms with Crippen LogP contribution in [0.4, 0.5) is 15.8 Å². The minimum Gasteiger partial charge on any atom is -0.325 e. The molecule has 0 radical (unpaired) electrons. The Kier molecular flexibility index (Phi) is 7.37. The second-order valence-electron chi connectivity index (χ2n) is 7.75. The highest BCUT2D eigenvalue weighted by molar-refractivity contribution is 7.99. The van der Waals surface area contributed by atoms with Crippen molar-refractivity contribution in [3.05, 3.63) is 78.4 Å². The topological polar surface area (TPSA) is 97.2 Å². The summed E-state index contributed by atoms with van der Waals surface area (Å²) in [6, 6.07) is 18.7. The van der Waals surface area contributed by atoms with Crippen molar-refractivity contribution >= 4 is 49.8 Å². The average Bonchev–Trinajstić information content (AvgIpc) is 3.23. The van der Waals surface area contributed by atoms with E-state index in [0.717, 1.165) is 27.0 Å². The number of nitrogens with one attached hydrogen (secondary N) is 1. The van der Waals surface area contributed by atoms with Crippen LogP contribution in [0.2, 0.25) is 0 Å². The first-order valence-electron chi connectivity index (χ1n) is 10.8. The molecule has 11 heteroatoms. The van der Waals surface area contributed by atoms with E-state index in [0.29, 0.717) is 23.2 Å². The molecule has 1 N–H and O–H groups in total. The monoisotopic (exact) mass is 513 g/mol. The number of benzene rings is 3. The minimum atomic E-state index is -3.66. The molecule has 1 aromatic heterocycles. The van der Waals surface area contributed by atoms with Crippen LogP contribution < -0.4 is 9.62 Å². The van der Waals surface area contributed by atoms with Gasteiger partial charge in [0.25, 0.3) is 0 Å². The van der Waals surface area contributed by atoms with Crippen LogP contribution in [-0.4, -0.2) is 41.1 Å². The molecule has 0 bridgehead atoms. The lowest BCUT2D eigenvalue weighted by Gasteiger charge is -2.22. The fourth-order valence-corrected chi connectivity index (χ4v) is 5.32. The Morgan fingerprint density at radius 2 is 1.77 bits per heavy atom. The summed E-state index contributed by atoms with van der Waals surface area (Å²) in [7, 11) is -3.66. The van der Waals surface area contributed by atoms with Gasteiger partial charge < -0.3 is 9.88 Å². The molecule has 0 fully saturated rings. The van der Waals surface area contributed by atoms with Crippen molar-refractivity contribution in [2.24, 2.45) is 0 Å². The smallest absolute Gasteiger partial charge is 0.234 e. The number of rotatable bonds is 9. The third-order valence-electron chi connectivity index (χ3n) is 5.31. The van der Waals surface area contributed by atoms with Gasteiger partial charge in [-0.15, -0.1) is 10.2 Å². The number of anilines is 2. The summed E-state index contributed by atoms with van der Waals surface area (Å²) in [5, 5.41) is 13.8. The summed E-state index contributed by atoms with van der Waals surface area (Å²) >= 11 is 1.22. The highest BCUT2D eigenvalue weighted by atomic mass is 32.2. The van der Waals surface area contributed by atoms with E-state index >= 15 is 0 Å². The summed E-state index contributed by atoms with van der Waals surface area (Å²) in [4.78, 5) is 12.7. The van der Waals surface area contributed by atoms with Crippen LogP contribution >= 0.6 is 11.8 Å². The zero-order chi connectivity index (χ0) is 25.0. The van der Waals surface area contributed by atoms with E-state index in [1.807, 2.05) is 49.4 Å². The molecule has 1 heterocycles. The van der Waals surface area contributed by atoms with Crippen molar-refractivity contribution in [1.82, 2.24) is 14.8 Å². The van der Waals surface area contributed by atoms with Crippen LogP contribution in [0.15, 0.2) is 71.9 Å². The molecule has 0 aliphatic rings. The fourth-order valence-electron chi connectivity index (χ4n) is 3.65. The second kappa shape index (κ2) is 10.4. The van der Waals surface area contributed by atoms with Gasteiger partial charge in [0.05, 0.1) is 24.2 Å². The van der Waals surface area contributed by atoms with Gasteiger partial charge in [-0.1, -0.05) is 48.2 Å². The Labute approximate surface area is 207 Å². The molecular formula is C24H24FN5O3S2. The molecule has 8 nitrogen and oxygen atoms in total. The molecule has 0 saturated carbocycles. The second-order valence-corrected chi connectivity index (χ2v) is 10.6. The van der Waals surface area contributed by atoms with Crippen molar-refractivity contribution in [2.75, 3.05) is 21.6 Å². The van der Waals surface area contributed by atoms with Crippen LogP contribution in [0.5, 0.6) is 0 Å². The highest BCUT2D eigenvalue weighted by Gasteiger charge is 2.22. The maximum atomic E-state index is 13.3. The minimum absolute atomic E-state index is 0.0753. The Bertz CT molecular complexity index is 1450. The van der Waals surface area contributed by atoms with Crippen LogP contribution in [0.3, 0.4) is 0 Å². The van der Waals surface area contributed by atoms with E-state index in [1.54, 1.807) is 4.57 Å². The standard InChI is InChI=1S/C24H24FN5O3S2/c1-3-29-22(15-30(35(2,32)33)19-13-11-18(25)12-14-19)27-28-24(29)34-16-23(31)26-21-10-6-8-17-7-4-5-9-20(17)21/h4-14H,3,15-16H2,1-2H3,(H,26,31). The van der Waals surface area contributed by atoms with Crippen LogP contribution in [0.25, 0.3) is 10.8 Å². The van der Waals surface area contributed by atoms with Gasteiger partial charge in [-0.3, -0.25) is 9.10 Å². The molecule has 0 atom stereocenters. The summed E-state index contributed by atoms with van der Waals surface area (Å²) in [5.74, 6) is -0.129. The van der Waals surface area contributed by atoms with Crippen molar-refractivity contribution in [3.8, 4) is 0 Å².